The maximum atomic E-state index is 10.8. The van der Waals surface area contributed by atoms with E-state index in [1.54, 1.807) is 6.92 Å². The van der Waals surface area contributed by atoms with Crippen molar-refractivity contribution in [1.29, 1.82) is 0 Å². The Balaban J connectivity index is 1.68. The number of carbonyl (C=O) groups is 1. The van der Waals surface area contributed by atoms with Crippen molar-refractivity contribution in [2.75, 3.05) is 32.8 Å². The van der Waals surface area contributed by atoms with Gasteiger partial charge in [-0.25, -0.2) is 0 Å². The Hall–Kier alpha value is -0.610. The van der Waals surface area contributed by atoms with Crippen molar-refractivity contribution in [3.63, 3.8) is 0 Å². The summed E-state index contributed by atoms with van der Waals surface area (Å²) in [6.07, 6.45) is 2.97. The van der Waals surface area contributed by atoms with Gasteiger partial charge in [0.2, 0.25) is 5.91 Å². The number of carbonyl (C=O) groups excluding carboxylic acids is 1. The molecule has 86 valence electrons. The van der Waals surface area contributed by atoms with Gasteiger partial charge < -0.3 is 10.1 Å². The van der Waals surface area contributed by atoms with Gasteiger partial charge in [0.05, 0.1) is 12.7 Å². The number of hydrogen-bond donors (Lipinski definition) is 1. The van der Waals surface area contributed by atoms with Gasteiger partial charge in [-0.15, -0.1) is 0 Å². The highest BCUT2D eigenvalue weighted by Gasteiger charge is 2.27. The summed E-state index contributed by atoms with van der Waals surface area (Å²) < 4.78 is 5.60. The van der Waals surface area contributed by atoms with Crippen LogP contribution in [0, 0.1) is 5.92 Å². The van der Waals surface area contributed by atoms with E-state index in [1.165, 1.54) is 19.4 Å². The topological polar surface area (TPSA) is 41.6 Å². The minimum absolute atomic E-state index is 0.0258. The zero-order valence-corrected chi connectivity index (χ0v) is 9.37. The first-order chi connectivity index (χ1) is 7.24. The second kappa shape index (κ2) is 4.94. The van der Waals surface area contributed by atoms with Crippen LogP contribution in [0.1, 0.15) is 19.8 Å². The standard InChI is InChI=1S/C11H20N2O2/c1-9(14)12-6-11-8-13(4-5-15-11)7-10-2-3-10/h10-11H,2-8H2,1H3,(H,12,14)/t11-/m0/s1. The number of rotatable bonds is 4. The molecule has 0 aromatic rings. The molecule has 0 aromatic heterocycles. The van der Waals surface area contributed by atoms with E-state index < -0.39 is 0 Å². The molecule has 1 saturated carbocycles. The lowest BCUT2D eigenvalue weighted by molar-refractivity contribution is -0.120. The van der Waals surface area contributed by atoms with Crippen LogP contribution in [0.3, 0.4) is 0 Å². The molecule has 1 aliphatic carbocycles. The van der Waals surface area contributed by atoms with Gasteiger partial charge in [0.1, 0.15) is 0 Å². The Morgan fingerprint density at radius 2 is 2.33 bits per heavy atom. The van der Waals surface area contributed by atoms with Gasteiger partial charge in [0.15, 0.2) is 0 Å². The van der Waals surface area contributed by atoms with Gasteiger partial charge in [-0.3, -0.25) is 9.69 Å². The summed E-state index contributed by atoms with van der Waals surface area (Å²) in [5, 5.41) is 2.81. The first-order valence-corrected chi connectivity index (χ1v) is 5.82. The highest BCUT2D eigenvalue weighted by molar-refractivity contribution is 5.72. The minimum atomic E-state index is 0.0258. The maximum Gasteiger partial charge on any atom is 0.216 e. The van der Waals surface area contributed by atoms with E-state index in [0.717, 1.165) is 25.6 Å². The lowest BCUT2D eigenvalue weighted by Gasteiger charge is -2.32. The normalized spacial score (nSPS) is 27.7. The molecule has 1 saturated heterocycles. The van der Waals surface area contributed by atoms with Gasteiger partial charge in [0, 0.05) is 33.1 Å². The molecule has 2 rings (SSSR count). The van der Waals surface area contributed by atoms with Crippen LogP contribution in [0.15, 0.2) is 0 Å². The molecule has 1 heterocycles. The van der Waals surface area contributed by atoms with Crippen LogP contribution in [0.5, 0.6) is 0 Å². The number of amides is 1. The predicted molar refractivity (Wildman–Crippen MR) is 57.6 cm³/mol. The average Bonchev–Trinajstić information content (AvgIpc) is 2.99. The third-order valence-electron chi connectivity index (χ3n) is 3.01. The molecule has 1 aliphatic heterocycles. The van der Waals surface area contributed by atoms with Gasteiger partial charge in [-0.05, 0) is 18.8 Å². The number of morpholine rings is 1. The predicted octanol–water partition coefficient (Wildman–Crippen LogP) is 0.233. The van der Waals surface area contributed by atoms with E-state index in [-0.39, 0.29) is 12.0 Å². The molecule has 0 radical (unpaired) electrons. The fourth-order valence-electron chi connectivity index (χ4n) is 1.99. The Morgan fingerprint density at radius 1 is 1.53 bits per heavy atom. The van der Waals surface area contributed by atoms with Crippen molar-refractivity contribution in [1.82, 2.24) is 10.2 Å². The molecule has 1 atom stereocenters. The third-order valence-corrected chi connectivity index (χ3v) is 3.01. The molecule has 0 bridgehead atoms. The van der Waals surface area contributed by atoms with Crippen molar-refractivity contribution in [2.45, 2.75) is 25.9 Å². The Bertz CT molecular complexity index is 229. The van der Waals surface area contributed by atoms with Crippen molar-refractivity contribution in [2.24, 2.45) is 5.92 Å². The highest BCUT2D eigenvalue weighted by Crippen LogP contribution is 2.30. The molecular formula is C11H20N2O2. The van der Waals surface area contributed by atoms with Gasteiger partial charge >= 0.3 is 0 Å². The summed E-state index contributed by atoms with van der Waals surface area (Å²) in [6, 6.07) is 0. The fraction of sp³-hybridized carbons (Fsp3) is 0.909. The number of nitrogens with zero attached hydrogens (tertiary/aromatic N) is 1. The van der Waals surface area contributed by atoms with Crippen LogP contribution in [0.4, 0.5) is 0 Å². The second-order valence-corrected chi connectivity index (χ2v) is 4.63. The van der Waals surface area contributed by atoms with Crippen LogP contribution in [0.25, 0.3) is 0 Å². The molecule has 1 N–H and O–H groups in total. The SMILES string of the molecule is CC(=O)NC[C@H]1CN(CC2CC2)CCO1. The monoisotopic (exact) mass is 212 g/mol. The molecular weight excluding hydrogens is 192 g/mol. The van der Waals surface area contributed by atoms with Crippen LogP contribution in [0.2, 0.25) is 0 Å². The molecule has 0 unspecified atom stereocenters. The molecule has 4 heteroatoms. The summed E-state index contributed by atoms with van der Waals surface area (Å²) in [5.74, 6) is 0.961. The lowest BCUT2D eigenvalue weighted by Crippen LogP contribution is -2.47. The van der Waals surface area contributed by atoms with Crippen LogP contribution >= 0.6 is 0 Å². The van der Waals surface area contributed by atoms with E-state index in [0.29, 0.717) is 6.54 Å². The zero-order valence-electron chi connectivity index (χ0n) is 9.37. The van der Waals surface area contributed by atoms with Crippen LogP contribution < -0.4 is 5.32 Å². The van der Waals surface area contributed by atoms with E-state index >= 15 is 0 Å². The van der Waals surface area contributed by atoms with Crippen LogP contribution in [-0.2, 0) is 9.53 Å². The van der Waals surface area contributed by atoms with Crippen LogP contribution in [-0.4, -0.2) is 49.7 Å². The number of nitrogens with one attached hydrogen (secondary N) is 1. The van der Waals surface area contributed by atoms with Crippen molar-refractivity contribution >= 4 is 5.91 Å². The maximum absolute atomic E-state index is 10.8. The molecule has 2 aliphatic rings. The Morgan fingerprint density at radius 3 is 3.00 bits per heavy atom. The van der Waals surface area contributed by atoms with Crippen molar-refractivity contribution in [3.8, 4) is 0 Å². The molecule has 0 aromatic carbocycles. The van der Waals surface area contributed by atoms with Crippen molar-refractivity contribution < 1.29 is 9.53 Å². The average molecular weight is 212 g/mol. The van der Waals surface area contributed by atoms with Gasteiger partial charge in [-0.2, -0.15) is 0 Å². The summed E-state index contributed by atoms with van der Waals surface area (Å²) in [7, 11) is 0. The largest absolute Gasteiger partial charge is 0.374 e. The molecule has 4 nitrogen and oxygen atoms in total. The third kappa shape index (κ3) is 3.80. The van der Waals surface area contributed by atoms with E-state index in [4.69, 9.17) is 4.74 Å². The quantitative estimate of drug-likeness (QED) is 0.725. The van der Waals surface area contributed by atoms with Gasteiger partial charge in [-0.1, -0.05) is 0 Å². The Kier molecular flexibility index (Phi) is 3.59. The number of hydrogen-bond acceptors (Lipinski definition) is 3. The first kappa shape index (κ1) is 10.9. The smallest absolute Gasteiger partial charge is 0.216 e. The van der Waals surface area contributed by atoms with Gasteiger partial charge in [0.25, 0.3) is 0 Å². The highest BCUT2D eigenvalue weighted by atomic mass is 16.5. The molecule has 0 spiro atoms. The van der Waals surface area contributed by atoms with Crippen molar-refractivity contribution in [3.05, 3.63) is 0 Å². The fourth-order valence-corrected chi connectivity index (χ4v) is 1.99. The molecule has 2 fully saturated rings. The van der Waals surface area contributed by atoms with E-state index in [9.17, 15) is 4.79 Å². The number of ether oxygens (including phenoxy) is 1. The Labute approximate surface area is 91.0 Å². The summed E-state index contributed by atoms with van der Waals surface area (Å²) in [4.78, 5) is 13.2. The lowest BCUT2D eigenvalue weighted by atomic mass is 10.2. The summed E-state index contributed by atoms with van der Waals surface area (Å²) >= 11 is 0. The molecule has 1 amide bonds. The summed E-state index contributed by atoms with van der Waals surface area (Å²) in [5.41, 5.74) is 0. The zero-order chi connectivity index (χ0) is 10.7. The summed E-state index contributed by atoms with van der Waals surface area (Å²) in [6.45, 7) is 6.24. The minimum Gasteiger partial charge on any atom is -0.374 e. The first-order valence-electron chi connectivity index (χ1n) is 5.82. The molecule has 15 heavy (non-hydrogen) atoms. The van der Waals surface area contributed by atoms with E-state index in [1.807, 2.05) is 0 Å². The second-order valence-electron chi connectivity index (χ2n) is 4.63. The van der Waals surface area contributed by atoms with E-state index in [2.05, 4.69) is 10.2 Å².